The topological polar surface area (TPSA) is 70.4 Å². The van der Waals surface area contributed by atoms with E-state index in [1.807, 2.05) is 31.2 Å². The van der Waals surface area contributed by atoms with Gasteiger partial charge in [-0.15, -0.1) is 0 Å². The van der Waals surface area contributed by atoms with Crippen molar-refractivity contribution in [1.82, 2.24) is 5.32 Å². The van der Waals surface area contributed by atoms with Gasteiger partial charge in [0.1, 0.15) is 0 Å². The molecular formula is C14H21FN4O. The molecule has 0 saturated carbocycles. The minimum Gasteiger partial charge on any atom is -0.381 e. The second kappa shape index (κ2) is 8.16. The number of amides is 2. The molecule has 0 heterocycles. The lowest BCUT2D eigenvalue weighted by atomic mass is 10.2. The van der Waals surface area contributed by atoms with Crippen molar-refractivity contribution in [3.63, 3.8) is 0 Å². The van der Waals surface area contributed by atoms with Gasteiger partial charge in [0.2, 0.25) is 0 Å². The number of rotatable bonds is 6. The second-order valence-corrected chi connectivity index (χ2v) is 4.27. The molecule has 5 nitrogen and oxygen atoms in total. The molecule has 0 bridgehead atoms. The summed E-state index contributed by atoms with van der Waals surface area (Å²) in [5, 5.41) is 5.78. The Hall–Kier alpha value is -2.08. The van der Waals surface area contributed by atoms with Crippen LogP contribution in [0, 0.1) is 0 Å². The number of hydrogen-bond donors (Lipinski definition) is 3. The van der Waals surface area contributed by atoms with Crippen molar-refractivity contribution in [2.75, 3.05) is 36.9 Å². The molecule has 0 radical (unpaired) electrons. The standard InChI is InChI=1S/C14H21FN4O/c1-3-17-14(20)19(2)13-6-4-12(5-7-13)18-10-11(8-15)9-16/h4-8,18H,3,9-10,16H2,1-2H3,(H,17,20)/b11-8-. The maximum absolute atomic E-state index is 12.4. The van der Waals surface area contributed by atoms with Crippen molar-refractivity contribution in [1.29, 1.82) is 0 Å². The van der Waals surface area contributed by atoms with Gasteiger partial charge in [0, 0.05) is 38.1 Å². The molecule has 1 aromatic rings. The molecule has 20 heavy (non-hydrogen) atoms. The molecule has 0 atom stereocenters. The van der Waals surface area contributed by atoms with Crippen LogP contribution in [0.15, 0.2) is 36.2 Å². The van der Waals surface area contributed by atoms with Gasteiger partial charge in [-0.05, 0) is 36.8 Å². The molecule has 110 valence electrons. The van der Waals surface area contributed by atoms with Crippen LogP contribution < -0.4 is 21.3 Å². The first-order valence-electron chi connectivity index (χ1n) is 6.46. The third-order valence-electron chi connectivity index (χ3n) is 2.82. The molecule has 4 N–H and O–H groups in total. The highest BCUT2D eigenvalue weighted by molar-refractivity contribution is 5.91. The minimum atomic E-state index is -0.154. The van der Waals surface area contributed by atoms with E-state index in [0.29, 0.717) is 25.0 Å². The number of nitrogens with one attached hydrogen (secondary N) is 2. The quantitative estimate of drug-likeness (QED) is 0.747. The number of benzene rings is 1. The summed E-state index contributed by atoms with van der Waals surface area (Å²) in [7, 11) is 1.70. The van der Waals surface area contributed by atoms with Crippen LogP contribution >= 0.6 is 0 Å². The second-order valence-electron chi connectivity index (χ2n) is 4.27. The summed E-state index contributed by atoms with van der Waals surface area (Å²) < 4.78 is 12.4. The Morgan fingerprint density at radius 2 is 2.05 bits per heavy atom. The third kappa shape index (κ3) is 4.55. The van der Waals surface area contributed by atoms with Gasteiger partial charge in [-0.2, -0.15) is 0 Å². The molecule has 0 aliphatic carbocycles. The van der Waals surface area contributed by atoms with Gasteiger partial charge in [0.15, 0.2) is 0 Å². The van der Waals surface area contributed by atoms with E-state index in [1.54, 1.807) is 7.05 Å². The lowest BCUT2D eigenvalue weighted by Gasteiger charge is -2.18. The number of anilines is 2. The fourth-order valence-electron chi connectivity index (χ4n) is 1.56. The number of carbonyl (C=O) groups excluding carboxylic acids is 1. The highest BCUT2D eigenvalue weighted by Crippen LogP contribution is 2.17. The van der Waals surface area contributed by atoms with Crippen molar-refractivity contribution in [3.05, 3.63) is 36.2 Å². The van der Waals surface area contributed by atoms with Gasteiger partial charge in [0.05, 0.1) is 6.33 Å². The van der Waals surface area contributed by atoms with Crippen LogP contribution in [-0.4, -0.2) is 32.7 Å². The first-order chi connectivity index (χ1) is 9.62. The van der Waals surface area contributed by atoms with E-state index in [0.717, 1.165) is 11.4 Å². The van der Waals surface area contributed by atoms with Crippen molar-refractivity contribution < 1.29 is 9.18 Å². The molecule has 0 unspecified atom stereocenters. The van der Waals surface area contributed by atoms with Crippen LogP contribution in [0.4, 0.5) is 20.6 Å². The number of nitrogens with two attached hydrogens (primary N) is 1. The number of nitrogens with zero attached hydrogens (tertiary/aromatic N) is 1. The first kappa shape index (κ1) is 16.0. The lowest BCUT2D eigenvalue weighted by Crippen LogP contribution is -2.36. The maximum atomic E-state index is 12.4. The highest BCUT2D eigenvalue weighted by Gasteiger charge is 2.08. The fraction of sp³-hybridized carbons (Fsp3) is 0.357. The Morgan fingerprint density at radius 1 is 1.40 bits per heavy atom. The zero-order chi connectivity index (χ0) is 15.0. The van der Waals surface area contributed by atoms with E-state index < -0.39 is 0 Å². The summed E-state index contributed by atoms with van der Waals surface area (Å²) in [6.07, 6.45) is 0.518. The molecule has 1 aromatic carbocycles. The summed E-state index contributed by atoms with van der Waals surface area (Å²) in [5.41, 5.74) is 7.49. The van der Waals surface area contributed by atoms with Gasteiger partial charge in [-0.3, -0.25) is 4.90 Å². The van der Waals surface area contributed by atoms with Gasteiger partial charge >= 0.3 is 6.03 Å². The molecule has 2 amide bonds. The Kier molecular flexibility index (Phi) is 6.52. The van der Waals surface area contributed by atoms with Gasteiger partial charge in [-0.1, -0.05) is 0 Å². The zero-order valence-electron chi connectivity index (χ0n) is 11.8. The molecule has 0 fully saturated rings. The fourth-order valence-corrected chi connectivity index (χ4v) is 1.56. The number of urea groups is 1. The molecule has 0 spiro atoms. The largest absolute Gasteiger partial charge is 0.381 e. The van der Waals surface area contributed by atoms with Crippen molar-refractivity contribution in [2.24, 2.45) is 5.73 Å². The van der Waals surface area contributed by atoms with Crippen LogP contribution in [0.5, 0.6) is 0 Å². The minimum absolute atomic E-state index is 0.154. The number of carbonyl (C=O) groups is 1. The molecule has 1 rings (SSSR count). The van der Waals surface area contributed by atoms with Crippen molar-refractivity contribution >= 4 is 17.4 Å². The highest BCUT2D eigenvalue weighted by atomic mass is 19.1. The Labute approximate surface area is 118 Å². The molecule has 0 saturated heterocycles. The van der Waals surface area contributed by atoms with E-state index in [-0.39, 0.29) is 12.6 Å². The molecular weight excluding hydrogens is 259 g/mol. The first-order valence-corrected chi connectivity index (χ1v) is 6.46. The zero-order valence-corrected chi connectivity index (χ0v) is 11.8. The summed E-state index contributed by atoms with van der Waals surface area (Å²) >= 11 is 0. The predicted molar refractivity (Wildman–Crippen MR) is 80.7 cm³/mol. The number of hydrogen-bond acceptors (Lipinski definition) is 3. The Morgan fingerprint density at radius 3 is 2.55 bits per heavy atom. The van der Waals surface area contributed by atoms with E-state index in [2.05, 4.69) is 10.6 Å². The predicted octanol–water partition coefficient (Wildman–Crippen LogP) is 2.08. The van der Waals surface area contributed by atoms with E-state index in [9.17, 15) is 9.18 Å². The lowest BCUT2D eigenvalue weighted by molar-refractivity contribution is 0.248. The summed E-state index contributed by atoms with van der Waals surface area (Å²) in [4.78, 5) is 13.2. The van der Waals surface area contributed by atoms with Crippen molar-refractivity contribution in [2.45, 2.75) is 6.92 Å². The van der Waals surface area contributed by atoms with Crippen LogP contribution in [0.25, 0.3) is 0 Å². The Balaban J connectivity index is 2.62. The van der Waals surface area contributed by atoms with Crippen LogP contribution in [0.3, 0.4) is 0 Å². The third-order valence-corrected chi connectivity index (χ3v) is 2.82. The van der Waals surface area contributed by atoms with Gasteiger partial charge in [0.25, 0.3) is 0 Å². The molecule has 6 heteroatoms. The average molecular weight is 280 g/mol. The van der Waals surface area contributed by atoms with Gasteiger partial charge < -0.3 is 16.4 Å². The monoisotopic (exact) mass is 280 g/mol. The van der Waals surface area contributed by atoms with Crippen LogP contribution in [-0.2, 0) is 0 Å². The van der Waals surface area contributed by atoms with Crippen LogP contribution in [0.2, 0.25) is 0 Å². The number of halogens is 1. The molecule has 0 aliphatic rings. The molecule has 0 aromatic heterocycles. The smallest absolute Gasteiger partial charge is 0.321 e. The van der Waals surface area contributed by atoms with E-state index in [1.165, 1.54) is 4.90 Å². The summed E-state index contributed by atoms with van der Waals surface area (Å²) in [6, 6.07) is 7.14. The summed E-state index contributed by atoms with van der Waals surface area (Å²) in [5.74, 6) is 0. The van der Waals surface area contributed by atoms with Gasteiger partial charge in [-0.25, -0.2) is 9.18 Å². The van der Waals surface area contributed by atoms with E-state index in [4.69, 9.17) is 5.73 Å². The normalized spacial score (nSPS) is 11.1. The molecule has 0 aliphatic heterocycles. The van der Waals surface area contributed by atoms with E-state index >= 15 is 0 Å². The summed E-state index contributed by atoms with van der Waals surface area (Å²) in [6.45, 7) is 2.99. The SMILES string of the molecule is CCNC(=O)N(C)c1ccc(NC/C(=C\F)CN)cc1. The van der Waals surface area contributed by atoms with Crippen molar-refractivity contribution in [3.8, 4) is 0 Å². The van der Waals surface area contributed by atoms with Crippen LogP contribution in [0.1, 0.15) is 6.92 Å². The maximum Gasteiger partial charge on any atom is 0.321 e. The Bertz CT molecular complexity index is 459. The average Bonchev–Trinajstić information content (AvgIpc) is 2.48.